The monoisotopic (exact) mass is 303 g/mol. The summed E-state index contributed by atoms with van der Waals surface area (Å²) in [6.07, 6.45) is 5.60. The van der Waals surface area contributed by atoms with Crippen LogP contribution in [0.25, 0.3) is 0 Å². The van der Waals surface area contributed by atoms with E-state index >= 15 is 0 Å². The molecule has 1 atom stereocenters. The first kappa shape index (κ1) is 15.3. The predicted molar refractivity (Wildman–Crippen MR) is 85.5 cm³/mol. The zero-order valence-corrected chi connectivity index (χ0v) is 13.0. The molecule has 0 aliphatic carbocycles. The lowest BCUT2D eigenvalue weighted by molar-refractivity contribution is -0.111. The molecular weight excluding hydrogens is 278 g/mol. The average molecular weight is 303 g/mol. The van der Waals surface area contributed by atoms with Crippen LogP contribution in [0.5, 0.6) is 5.75 Å². The van der Waals surface area contributed by atoms with Gasteiger partial charge in [0, 0.05) is 26.1 Å². The Hall–Kier alpha value is -1.59. The van der Waals surface area contributed by atoms with E-state index in [2.05, 4.69) is 15.1 Å². The number of rotatable bonds is 5. The highest BCUT2D eigenvalue weighted by molar-refractivity contribution is 5.47. The van der Waals surface area contributed by atoms with Crippen LogP contribution < -0.4 is 5.32 Å². The SMILES string of the molecule is O=CN[C@H]1Cc2ccc(O)cc2CN1CCN1CCCCC1. The van der Waals surface area contributed by atoms with Gasteiger partial charge in [-0.25, -0.2) is 0 Å². The number of aromatic hydroxyl groups is 1. The number of fused-ring (bicyclic) bond motifs is 1. The molecule has 1 fully saturated rings. The number of piperidine rings is 1. The van der Waals surface area contributed by atoms with E-state index in [4.69, 9.17) is 0 Å². The molecule has 0 bridgehead atoms. The van der Waals surface area contributed by atoms with Gasteiger partial charge in [0.05, 0.1) is 6.17 Å². The quantitative estimate of drug-likeness (QED) is 0.805. The van der Waals surface area contributed by atoms with Crippen molar-refractivity contribution in [3.8, 4) is 5.75 Å². The summed E-state index contributed by atoms with van der Waals surface area (Å²) in [5.74, 6) is 0.316. The van der Waals surface area contributed by atoms with Gasteiger partial charge in [0.2, 0.25) is 6.41 Å². The number of carbonyl (C=O) groups excluding carboxylic acids is 1. The summed E-state index contributed by atoms with van der Waals surface area (Å²) in [4.78, 5) is 15.7. The van der Waals surface area contributed by atoms with Crippen LogP contribution in [-0.2, 0) is 17.8 Å². The first-order valence-corrected chi connectivity index (χ1v) is 8.23. The Bertz CT molecular complexity index is 515. The number of nitrogens with zero attached hydrogens (tertiary/aromatic N) is 2. The molecule has 1 amide bonds. The minimum Gasteiger partial charge on any atom is -0.508 e. The van der Waals surface area contributed by atoms with Crippen molar-refractivity contribution in [1.82, 2.24) is 15.1 Å². The van der Waals surface area contributed by atoms with Gasteiger partial charge in [0.15, 0.2) is 0 Å². The van der Waals surface area contributed by atoms with Crippen molar-refractivity contribution >= 4 is 6.41 Å². The molecule has 3 rings (SSSR count). The summed E-state index contributed by atoms with van der Waals surface area (Å²) in [5, 5.41) is 12.6. The number of amides is 1. The van der Waals surface area contributed by atoms with E-state index in [1.165, 1.54) is 43.5 Å². The molecule has 0 saturated carbocycles. The van der Waals surface area contributed by atoms with Gasteiger partial charge in [-0.3, -0.25) is 9.69 Å². The Kier molecular flexibility index (Phi) is 4.95. The molecule has 2 N–H and O–H groups in total. The van der Waals surface area contributed by atoms with E-state index in [0.717, 1.165) is 32.5 Å². The summed E-state index contributed by atoms with van der Waals surface area (Å²) in [6.45, 7) is 5.16. The van der Waals surface area contributed by atoms with Gasteiger partial charge >= 0.3 is 0 Å². The number of carbonyl (C=O) groups is 1. The highest BCUT2D eigenvalue weighted by atomic mass is 16.3. The summed E-state index contributed by atoms with van der Waals surface area (Å²) in [7, 11) is 0. The first-order chi connectivity index (χ1) is 10.8. The summed E-state index contributed by atoms with van der Waals surface area (Å²) < 4.78 is 0. The number of phenolic OH excluding ortho intramolecular Hbond substituents is 1. The summed E-state index contributed by atoms with van der Waals surface area (Å²) >= 11 is 0. The van der Waals surface area contributed by atoms with Gasteiger partial charge < -0.3 is 15.3 Å². The standard InChI is InChI=1S/C17H25N3O2/c21-13-18-17-11-14-4-5-16(22)10-15(14)12-20(17)9-8-19-6-2-1-3-7-19/h4-5,10,13,17,22H,1-3,6-9,11-12H2,(H,18,21)/t17-/m1/s1. The molecule has 0 aromatic heterocycles. The topological polar surface area (TPSA) is 55.8 Å². The van der Waals surface area contributed by atoms with Crippen LogP contribution in [-0.4, -0.2) is 53.7 Å². The lowest BCUT2D eigenvalue weighted by atomic mass is 9.97. The minimum absolute atomic E-state index is 0.0549. The molecule has 0 spiro atoms. The molecule has 0 radical (unpaired) electrons. The Morgan fingerprint density at radius 1 is 1.18 bits per heavy atom. The van der Waals surface area contributed by atoms with E-state index in [1.54, 1.807) is 6.07 Å². The maximum Gasteiger partial charge on any atom is 0.208 e. The molecule has 2 aliphatic heterocycles. The third-order valence-corrected chi connectivity index (χ3v) is 4.83. The van der Waals surface area contributed by atoms with Crippen molar-refractivity contribution < 1.29 is 9.90 Å². The fourth-order valence-corrected chi connectivity index (χ4v) is 3.56. The molecule has 1 aromatic carbocycles. The van der Waals surface area contributed by atoms with Crippen molar-refractivity contribution in [2.24, 2.45) is 0 Å². The maximum atomic E-state index is 10.9. The lowest BCUT2D eigenvalue weighted by Crippen LogP contribution is -2.51. The minimum atomic E-state index is 0.0549. The highest BCUT2D eigenvalue weighted by Crippen LogP contribution is 2.25. The Labute approximate surface area is 131 Å². The molecule has 22 heavy (non-hydrogen) atoms. The van der Waals surface area contributed by atoms with Gasteiger partial charge in [0.1, 0.15) is 5.75 Å². The van der Waals surface area contributed by atoms with Crippen LogP contribution in [0.3, 0.4) is 0 Å². The summed E-state index contributed by atoms with van der Waals surface area (Å²) in [5.41, 5.74) is 2.38. The third-order valence-electron chi connectivity index (χ3n) is 4.83. The second kappa shape index (κ2) is 7.11. The number of likely N-dealkylation sites (tertiary alicyclic amines) is 1. The fraction of sp³-hybridized carbons (Fsp3) is 0.588. The van der Waals surface area contributed by atoms with E-state index in [1.807, 2.05) is 12.1 Å². The van der Waals surface area contributed by atoms with Crippen LogP contribution >= 0.6 is 0 Å². The number of benzene rings is 1. The molecule has 5 heteroatoms. The number of hydrogen-bond acceptors (Lipinski definition) is 4. The lowest BCUT2D eigenvalue weighted by Gasteiger charge is -2.38. The van der Waals surface area contributed by atoms with E-state index in [0.29, 0.717) is 5.75 Å². The van der Waals surface area contributed by atoms with Crippen LogP contribution in [0.2, 0.25) is 0 Å². The predicted octanol–water partition coefficient (Wildman–Crippen LogP) is 1.31. The average Bonchev–Trinajstić information content (AvgIpc) is 2.54. The number of hydrogen-bond donors (Lipinski definition) is 2. The molecular formula is C17H25N3O2. The van der Waals surface area contributed by atoms with E-state index < -0.39 is 0 Å². The van der Waals surface area contributed by atoms with Crippen LogP contribution in [0, 0.1) is 0 Å². The molecule has 120 valence electrons. The second-order valence-electron chi connectivity index (χ2n) is 6.33. The Balaban J connectivity index is 1.66. The van der Waals surface area contributed by atoms with Crippen LogP contribution in [0.1, 0.15) is 30.4 Å². The Morgan fingerprint density at radius 2 is 2.00 bits per heavy atom. The first-order valence-electron chi connectivity index (χ1n) is 8.23. The largest absolute Gasteiger partial charge is 0.508 e. The Morgan fingerprint density at radius 3 is 2.77 bits per heavy atom. The third kappa shape index (κ3) is 3.59. The summed E-state index contributed by atoms with van der Waals surface area (Å²) in [6, 6.07) is 5.53. The number of phenols is 1. The maximum absolute atomic E-state index is 10.9. The molecule has 1 saturated heterocycles. The number of nitrogens with one attached hydrogen (secondary N) is 1. The van der Waals surface area contributed by atoms with Crippen molar-refractivity contribution in [2.75, 3.05) is 26.2 Å². The zero-order valence-electron chi connectivity index (χ0n) is 13.0. The molecule has 0 unspecified atom stereocenters. The van der Waals surface area contributed by atoms with Crippen molar-refractivity contribution in [3.05, 3.63) is 29.3 Å². The van der Waals surface area contributed by atoms with Gasteiger partial charge in [-0.2, -0.15) is 0 Å². The van der Waals surface area contributed by atoms with Crippen LogP contribution in [0.4, 0.5) is 0 Å². The second-order valence-corrected chi connectivity index (χ2v) is 6.33. The van der Waals surface area contributed by atoms with Crippen molar-refractivity contribution in [3.63, 3.8) is 0 Å². The molecule has 2 aliphatic rings. The molecule has 5 nitrogen and oxygen atoms in total. The smallest absolute Gasteiger partial charge is 0.208 e. The van der Waals surface area contributed by atoms with Crippen LogP contribution in [0.15, 0.2) is 18.2 Å². The zero-order chi connectivity index (χ0) is 15.4. The van der Waals surface area contributed by atoms with E-state index in [-0.39, 0.29) is 6.17 Å². The highest BCUT2D eigenvalue weighted by Gasteiger charge is 2.26. The fourth-order valence-electron chi connectivity index (χ4n) is 3.56. The molecule has 2 heterocycles. The normalized spacial score (nSPS) is 23.0. The van der Waals surface area contributed by atoms with E-state index in [9.17, 15) is 9.90 Å². The van der Waals surface area contributed by atoms with Gasteiger partial charge in [-0.1, -0.05) is 12.5 Å². The van der Waals surface area contributed by atoms with Crippen molar-refractivity contribution in [1.29, 1.82) is 0 Å². The molecule has 1 aromatic rings. The van der Waals surface area contributed by atoms with Gasteiger partial charge in [0.25, 0.3) is 0 Å². The van der Waals surface area contributed by atoms with Crippen molar-refractivity contribution in [2.45, 2.75) is 38.4 Å². The van der Waals surface area contributed by atoms with Gasteiger partial charge in [-0.05, 0) is 49.2 Å². The van der Waals surface area contributed by atoms with Gasteiger partial charge in [-0.15, -0.1) is 0 Å².